The second-order valence-corrected chi connectivity index (χ2v) is 6.14. The van der Waals surface area contributed by atoms with E-state index in [9.17, 15) is 4.79 Å². The summed E-state index contributed by atoms with van der Waals surface area (Å²) in [5.74, 6) is 1.05. The van der Waals surface area contributed by atoms with Crippen LogP contribution < -0.4 is 0 Å². The van der Waals surface area contributed by atoms with Crippen LogP contribution in [0.4, 0.5) is 0 Å². The third kappa shape index (κ3) is 3.38. The van der Waals surface area contributed by atoms with Gasteiger partial charge in [0.25, 0.3) is 5.91 Å². The number of carbonyl (C=O) groups is 1. The summed E-state index contributed by atoms with van der Waals surface area (Å²) in [4.78, 5) is 18.7. The number of carbonyl (C=O) groups excluding carboxylic acids is 1. The van der Waals surface area contributed by atoms with E-state index in [0.29, 0.717) is 11.8 Å². The number of hydrogen-bond donors (Lipinski definition) is 0. The molecular formula is C16H23N3O. The monoisotopic (exact) mass is 273 g/mol. The first-order valence-electron chi connectivity index (χ1n) is 7.18. The lowest BCUT2D eigenvalue weighted by Gasteiger charge is -2.26. The van der Waals surface area contributed by atoms with Gasteiger partial charge in [0.05, 0.1) is 18.0 Å². The van der Waals surface area contributed by atoms with Crippen molar-refractivity contribution in [3.8, 4) is 0 Å². The molecule has 0 bridgehead atoms. The third-order valence-corrected chi connectivity index (χ3v) is 3.12. The highest BCUT2D eigenvalue weighted by Gasteiger charge is 2.18. The average Bonchev–Trinajstić information content (AvgIpc) is 2.83. The van der Waals surface area contributed by atoms with Crippen molar-refractivity contribution in [1.29, 1.82) is 0 Å². The molecule has 1 amide bonds. The zero-order chi connectivity index (χ0) is 14.7. The van der Waals surface area contributed by atoms with Gasteiger partial charge in [-0.05, 0) is 24.0 Å². The quantitative estimate of drug-likeness (QED) is 0.839. The largest absolute Gasteiger partial charge is 0.338 e. The number of pyridine rings is 1. The molecule has 108 valence electrons. The molecule has 0 saturated carbocycles. The van der Waals surface area contributed by atoms with Crippen molar-refractivity contribution >= 4 is 11.4 Å². The number of imidazole rings is 1. The fourth-order valence-electron chi connectivity index (χ4n) is 2.36. The van der Waals surface area contributed by atoms with Crippen LogP contribution in [0.1, 0.15) is 38.1 Å². The molecule has 0 saturated heterocycles. The molecule has 2 aromatic rings. The highest BCUT2D eigenvalue weighted by Crippen LogP contribution is 2.12. The Labute approximate surface area is 120 Å². The van der Waals surface area contributed by atoms with Crippen LogP contribution >= 0.6 is 0 Å². The summed E-state index contributed by atoms with van der Waals surface area (Å²) in [7, 11) is 0. The average molecular weight is 273 g/mol. The molecule has 4 nitrogen and oxygen atoms in total. The molecule has 0 radical (unpaired) electrons. The standard InChI is InChI=1S/C16H23N3O/c1-12(2)9-19(10-13(3)4)16(20)14-5-6-18-11-17-8-15(18)7-14/h5-8,11-13H,9-10H2,1-4H3. The maximum atomic E-state index is 12.7. The van der Waals surface area contributed by atoms with E-state index in [1.165, 1.54) is 0 Å². The highest BCUT2D eigenvalue weighted by atomic mass is 16.2. The minimum Gasteiger partial charge on any atom is -0.338 e. The maximum absolute atomic E-state index is 12.7. The lowest BCUT2D eigenvalue weighted by molar-refractivity contribution is 0.0715. The summed E-state index contributed by atoms with van der Waals surface area (Å²) in [6.45, 7) is 10.1. The maximum Gasteiger partial charge on any atom is 0.254 e. The molecule has 0 aliphatic heterocycles. The Morgan fingerprint density at radius 1 is 1.25 bits per heavy atom. The number of hydrogen-bond acceptors (Lipinski definition) is 2. The fourth-order valence-corrected chi connectivity index (χ4v) is 2.36. The van der Waals surface area contributed by atoms with Crippen molar-refractivity contribution in [3.63, 3.8) is 0 Å². The molecule has 2 rings (SSSR count). The Morgan fingerprint density at radius 3 is 2.50 bits per heavy atom. The molecule has 0 aliphatic carbocycles. The Hall–Kier alpha value is -1.84. The van der Waals surface area contributed by atoms with E-state index in [2.05, 4.69) is 32.7 Å². The van der Waals surface area contributed by atoms with E-state index >= 15 is 0 Å². The van der Waals surface area contributed by atoms with Crippen LogP contribution in [0.15, 0.2) is 30.9 Å². The molecule has 0 fully saturated rings. The van der Waals surface area contributed by atoms with Gasteiger partial charge in [-0.1, -0.05) is 27.7 Å². The zero-order valence-corrected chi connectivity index (χ0v) is 12.7. The molecule has 0 spiro atoms. The van der Waals surface area contributed by atoms with Crippen LogP contribution in [0.25, 0.3) is 5.52 Å². The summed E-state index contributed by atoms with van der Waals surface area (Å²) in [6, 6.07) is 3.77. The first-order chi connectivity index (χ1) is 9.47. The van der Waals surface area contributed by atoms with Gasteiger partial charge in [-0.2, -0.15) is 0 Å². The number of fused-ring (bicyclic) bond motifs is 1. The summed E-state index contributed by atoms with van der Waals surface area (Å²) in [6.07, 6.45) is 5.40. The van der Waals surface area contributed by atoms with Gasteiger partial charge < -0.3 is 9.30 Å². The van der Waals surface area contributed by atoms with Gasteiger partial charge in [-0.25, -0.2) is 4.98 Å². The second kappa shape index (κ2) is 6.07. The second-order valence-electron chi connectivity index (χ2n) is 6.14. The van der Waals surface area contributed by atoms with Crippen molar-refractivity contribution in [1.82, 2.24) is 14.3 Å². The van der Waals surface area contributed by atoms with Crippen molar-refractivity contribution in [2.75, 3.05) is 13.1 Å². The minimum atomic E-state index is 0.108. The topological polar surface area (TPSA) is 37.6 Å². The van der Waals surface area contributed by atoms with E-state index < -0.39 is 0 Å². The van der Waals surface area contributed by atoms with E-state index in [1.807, 2.05) is 27.6 Å². The summed E-state index contributed by atoms with van der Waals surface area (Å²) < 4.78 is 1.91. The molecule has 0 N–H and O–H groups in total. The van der Waals surface area contributed by atoms with Gasteiger partial charge in [0.15, 0.2) is 0 Å². The van der Waals surface area contributed by atoms with Crippen molar-refractivity contribution < 1.29 is 4.79 Å². The van der Waals surface area contributed by atoms with Gasteiger partial charge in [-0.15, -0.1) is 0 Å². The molecule has 2 heterocycles. The molecule has 0 atom stereocenters. The molecule has 4 heteroatoms. The van der Waals surface area contributed by atoms with Crippen LogP contribution in [0.5, 0.6) is 0 Å². The van der Waals surface area contributed by atoms with Crippen molar-refractivity contribution in [3.05, 3.63) is 36.4 Å². The lowest BCUT2D eigenvalue weighted by atomic mass is 10.1. The SMILES string of the molecule is CC(C)CN(CC(C)C)C(=O)c1ccn2cncc2c1. The predicted molar refractivity (Wildman–Crippen MR) is 80.8 cm³/mol. The normalized spacial score (nSPS) is 11.5. The smallest absolute Gasteiger partial charge is 0.254 e. The third-order valence-electron chi connectivity index (χ3n) is 3.12. The molecule has 0 aliphatic rings. The minimum absolute atomic E-state index is 0.108. The van der Waals surface area contributed by atoms with Gasteiger partial charge in [-0.3, -0.25) is 4.79 Å². The van der Waals surface area contributed by atoms with E-state index in [0.717, 1.165) is 24.2 Å². The van der Waals surface area contributed by atoms with Gasteiger partial charge in [0.1, 0.15) is 0 Å². The summed E-state index contributed by atoms with van der Waals surface area (Å²) >= 11 is 0. The number of aromatic nitrogens is 2. The summed E-state index contributed by atoms with van der Waals surface area (Å²) in [5, 5.41) is 0. The number of rotatable bonds is 5. The van der Waals surface area contributed by atoms with Crippen LogP contribution in [-0.4, -0.2) is 33.3 Å². The Kier molecular flexibility index (Phi) is 4.42. The van der Waals surface area contributed by atoms with Crippen LogP contribution in [0, 0.1) is 11.8 Å². The summed E-state index contributed by atoms with van der Waals surface area (Å²) in [5.41, 5.74) is 1.68. The van der Waals surface area contributed by atoms with Crippen molar-refractivity contribution in [2.45, 2.75) is 27.7 Å². The Morgan fingerprint density at radius 2 is 1.90 bits per heavy atom. The first kappa shape index (κ1) is 14.6. The van der Waals surface area contributed by atoms with Crippen LogP contribution in [-0.2, 0) is 0 Å². The van der Waals surface area contributed by atoms with Crippen LogP contribution in [0.3, 0.4) is 0 Å². The first-order valence-corrected chi connectivity index (χ1v) is 7.18. The molecule has 20 heavy (non-hydrogen) atoms. The number of nitrogens with zero attached hydrogens (tertiary/aromatic N) is 3. The van der Waals surface area contributed by atoms with E-state index in [1.54, 1.807) is 12.5 Å². The van der Waals surface area contributed by atoms with E-state index in [4.69, 9.17) is 0 Å². The van der Waals surface area contributed by atoms with Gasteiger partial charge in [0.2, 0.25) is 0 Å². The predicted octanol–water partition coefficient (Wildman–Crippen LogP) is 3.09. The van der Waals surface area contributed by atoms with Gasteiger partial charge >= 0.3 is 0 Å². The Balaban J connectivity index is 2.24. The molecule has 0 unspecified atom stereocenters. The van der Waals surface area contributed by atoms with E-state index in [-0.39, 0.29) is 5.91 Å². The highest BCUT2D eigenvalue weighted by molar-refractivity contribution is 5.95. The number of amides is 1. The fraction of sp³-hybridized carbons (Fsp3) is 0.500. The zero-order valence-electron chi connectivity index (χ0n) is 12.7. The Bertz CT molecular complexity index is 576. The molecule has 0 aromatic carbocycles. The molecular weight excluding hydrogens is 250 g/mol. The lowest BCUT2D eigenvalue weighted by Crippen LogP contribution is -2.37. The van der Waals surface area contributed by atoms with Gasteiger partial charge in [0, 0.05) is 24.8 Å². The van der Waals surface area contributed by atoms with Crippen LogP contribution in [0.2, 0.25) is 0 Å². The molecule has 2 aromatic heterocycles. The van der Waals surface area contributed by atoms with Crippen molar-refractivity contribution in [2.24, 2.45) is 11.8 Å².